The minimum absolute atomic E-state index is 0.0499. The molecule has 0 aromatic heterocycles. The van der Waals surface area contributed by atoms with Crippen molar-refractivity contribution in [1.29, 1.82) is 5.26 Å². The fourth-order valence-corrected chi connectivity index (χ4v) is 2.68. The Morgan fingerprint density at radius 3 is 2.82 bits per heavy atom. The number of nitriles is 1. The lowest BCUT2D eigenvalue weighted by Crippen LogP contribution is -2.28. The fourth-order valence-electron chi connectivity index (χ4n) is 1.04. The Labute approximate surface area is 104 Å². The van der Waals surface area contributed by atoms with Crippen molar-refractivity contribution < 1.29 is 12.8 Å². The quantitative estimate of drug-likeness (QED) is 0.913. The van der Waals surface area contributed by atoms with Gasteiger partial charge in [0.1, 0.15) is 10.7 Å². The van der Waals surface area contributed by atoms with Gasteiger partial charge in [0.15, 0.2) is 0 Å². The zero-order valence-electron chi connectivity index (χ0n) is 8.94. The summed E-state index contributed by atoms with van der Waals surface area (Å²) in [7, 11) is -3.89. The molecule has 0 saturated heterocycles. The van der Waals surface area contributed by atoms with E-state index in [0.29, 0.717) is 0 Å². The van der Waals surface area contributed by atoms with Crippen molar-refractivity contribution in [3.8, 4) is 6.07 Å². The number of hydrogen-bond acceptors (Lipinski definition) is 3. The molecule has 0 aliphatic rings. The van der Waals surface area contributed by atoms with E-state index in [1.54, 1.807) is 6.92 Å². The van der Waals surface area contributed by atoms with E-state index in [2.05, 4.69) is 4.72 Å². The van der Waals surface area contributed by atoms with Gasteiger partial charge in [0.05, 0.1) is 17.0 Å². The molecule has 0 aliphatic heterocycles. The SMILES string of the molecule is CC(C#N)CNS(=O)(=O)c1cc(F)ccc1Cl. The molecular formula is C10H10ClFN2O2S. The molecule has 1 rings (SSSR count). The minimum atomic E-state index is -3.89. The van der Waals surface area contributed by atoms with Crippen LogP contribution in [0.1, 0.15) is 6.92 Å². The molecule has 0 amide bonds. The molecule has 7 heteroatoms. The number of sulfonamides is 1. The number of nitrogens with one attached hydrogen (secondary N) is 1. The highest BCUT2D eigenvalue weighted by atomic mass is 35.5. The van der Waals surface area contributed by atoms with Gasteiger partial charge in [0.25, 0.3) is 0 Å². The summed E-state index contributed by atoms with van der Waals surface area (Å²) in [5, 5.41) is 8.46. The zero-order chi connectivity index (χ0) is 13.1. The second kappa shape index (κ2) is 5.45. The molecule has 4 nitrogen and oxygen atoms in total. The van der Waals surface area contributed by atoms with E-state index in [1.807, 2.05) is 6.07 Å². The Bertz CT molecular complexity index is 554. The highest BCUT2D eigenvalue weighted by Crippen LogP contribution is 2.21. The van der Waals surface area contributed by atoms with Crippen molar-refractivity contribution in [3.05, 3.63) is 29.0 Å². The maximum absolute atomic E-state index is 12.9. The molecule has 0 radical (unpaired) electrons. The average molecular weight is 277 g/mol. The first-order valence-corrected chi connectivity index (χ1v) is 6.57. The van der Waals surface area contributed by atoms with E-state index < -0.39 is 21.8 Å². The topological polar surface area (TPSA) is 70.0 Å². The third-order valence-electron chi connectivity index (χ3n) is 1.98. The van der Waals surface area contributed by atoms with Crippen molar-refractivity contribution in [3.63, 3.8) is 0 Å². The Hall–Kier alpha value is -1.16. The summed E-state index contributed by atoms with van der Waals surface area (Å²) in [6.45, 7) is 1.52. The zero-order valence-corrected chi connectivity index (χ0v) is 10.5. The van der Waals surface area contributed by atoms with Crippen LogP contribution in [0.5, 0.6) is 0 Å². The molecular weight excluding hydrogens is 267 g/mol. The van der Waals surface area contributed by atoms with Crippen LogP contribution < -0.4 is 4.72 Å². The van der Waals surface area contributed by atoms with Crippen molar-refractivity contribution in [1.82, 2.24) is 4.72 Å². The maximum Gasteiger partial charge on any atom is 0.242 e. The normalized spacial score (nSPS) is 13.1. The van der Waals surface area contributed by atoms with Crippen LogP contribution in [0.2, 0.25) is 5.02 Å². The van der Waals surface area contributed by atoms with E-state index in [0.717, 1.165) is 12.1 Å². The van der Waals surface area contributed by atoms with Crippen LogP contribution in [0, 0.1) is 23.1 Å². The van der Waals surface area contributed by atoms with E-state index >= 15 is 0 Å². The van der Waals surface area contributed by atoms with Crippen LogP contribution in [0.3, 0.4) is 0 Å². The van der Waals surface area contributed by atoms with Gasteiger partial charge in [-0.25, -0.2) is 17.5 Å². The Kier molecular flexibility index (Phi) is 4.46. The third-order valence-corrected chi connectivity index (χ3v) is 3.89. The van der Waals surface area contributed by atoms with Gasteiger partial charge in [-0.05, 0) is 25.1 Å². The Morgan fingerprint density at radius 2 is 2.24 bits per heavy atom. The number of rotatable bonds is 4. The summed E-state index contributed by atoms with van der Waals surface area (Å²) >= 11 is 5.68. The first kappa shape index (κ1) is 13.9. The highest BCUT2D eigenvalue weighted by Gasteiger charge is 2.19. The summed E-state index contributed by atoms with van der Waals surface area (Å²) in [6.07, 6.45) is 0. The lowest BCUT2D eigenvalue weighted by Gasteiger charge is -2.09. The van der Waals surface area contributed by atoms with Crippen LogP contribution in [-0.4, -0.2) is 15.0 Å². The molecule has 0 heterocycles. The molecule has 92 valence electrons. The standard InChI is InChI=1S/C10H10ClFN2O2S/c1-7(5-13)6-14-17(15,16)10-4-8(12)2-3-9(10)11/h2-4,7,14H,6H2,1H3. The van der Waals surface area contributed by atoms with Crippen LogP contribution in [-0.2, 0) is 10.0 Å². The molecule has 0 spiro atoms. The summed E-state index contributed by atoms with van der Waals surface area (Å²) in [4.78, 5) is -0.329. The molecule has 17 heavy (non-hydrogen) atoms. The number of benzene rings is 1. The summed E-state index contributed by atoms with van der Waals surface area (Å²) in [5.41, 5.74) is 0. The second-order valence-corrected chi connectivity index (χ2v) is 5.60. The summed E-state index contributed by atoms with van der Waals surface area (Å²) in [5.74, 6) is -1.17. The Balaban J connectivity index is 2.98. The van der Waals surface area contributed by atoms with E-state index in [4.69, 9.17) is 16.9 Å². The van der Waals surface area contributed by atoms with Gasteiger partial charge < -0.3 is 0 Å². The second-order valence-electron chi connectivity index (χ2n) is 3.46. The van der Waals surface area contributed by atoms with Gasteiger partial charge in [-0.3, -0.25) is 0 Å². The summed E-state index contributed by atoms with van der Waals surface area (Å²) < 4.78 is 38.6. The molecule has 1 atom stereocenters. The van der Waals surface area contributed by atoms with Crippen LogP contribution in [0.15, 0.2) is 23.1 Å². The van der Waals surface area contributed by atoms with Gasteiger partial charge in [-0.15, -0.1) is 0 Å². The van der Waals surface area contributed by atoms with Gasteiger partial charge in [0, 0.05) is 6.54 Å². The van der Waals surface area contributed by atoms with E-state index in [-0.39, 0.29) is 16.5 Å². The summed E-state index contributed by atoms with van der Waals surface area (Å²) in [6, 6.07) is 4.95. The fraction of sp³-hybridized carbons (Fsp3) is 0.300. The van der Waals surface area contributed by atoms with Crippen molar-refractivity contribution >= 4 is 21.6 Å². The lowest BCUT2D eigenvalue weighted by molar-refractivity contribution is 0.569. The van der Waals surface area contributed by atoms with Crippen molar-refractivity contribution in [2.24, 2.45) is 5.92 Å². The molecule has 0 saturated carbocycles. The molecule has 1 N–H and O–H groups in total. The molecule has 0 bridgehead atoms. The first-order valence-electron chi connectivity index (χ1n) is 4.71. The maximum atomic E-state index is 12.9. The van der Waals surface area contributed by atoms with E-state index in [1.165, 1.54) is 6.07 Å². The average Bonchev–Trinajstić information content (AvgIpc) is 2.29. The van der Waals surface area contributed by atoms with Crippen LogP contribution >= 0.6 is 11.6 Å². The Morgan fingerprint density at radius 1 is 1.59 bits per heavy atom. The smallest absolute Gasteiger partial charge is 0.210 e. The van der Waals surface area contributed by atoms with Crippen molar-refractivity contribution in [2.75, 3.05) is 6.54 Å². The minimum Gasteiger partial charge on any atom is -0.210 e. The van der Waals surface area contributed by atoms with Crippen LogP contribution in [0.25, 0.3) is 0 Å². The molecule has 0 fully saturated rings. The van der Waals surface area contributed by atoms with Gasteiger partial charge in [-0.1, -0.05) is 11.6 Å². The van der Waals surface area contributed by atoms with Crippen LogP contribution in [0.4, 0.5) is 4.39 Å². The monoisotopic (exact) mass is 276 g/mol. The van der Waals surface area contributed by atoms with Gasteiger partial charge in [0.2, 0.25) is 10.0 Å². The lowest BCUT2D eigenvalue weighted by atomic mass is 10.2. The molecule has 1 aromatic rings. The number of nitrogens with zero attached hydrogens (tertiary/aromatic N) is 1. The molecule has 1 unspecified atom stereocenters. The van der Waals surface area contributed by atoms with Crippen molar-refractivity contribution in [2.45, 2.75) is 11.8 Å². The van der Waals surface area contributed by atoms with Gasteiger partial charge in [-0.2, -0.15) is 5.26 Å². The predicted octanol–water partition coefficient (Wildman–Crippen LogP) is 1.92. The predicted molar refractivity (Wildman–Crippen MR) is 61.4 cm³/mol. The highest BCUT2D eigenvalue weighted by molar-refractivity contribution is 7.89. The third kappa shape index (κ3) is 3.66. The largest absolute Gasteiger partial charge is 0.242 e. The number of halogens is 2. The number of hydrogen-bond donors (Lipinski definition) is 1. The first-order chi connectivity index (χ1) is 7.86. The van der Waals surface area contributed by atoms with Gasteiger partial charge >= 0.3 is 0 Å². The molecule has 1 aromatic carbocycles. The molecule has 0 aliphatic carbocycles. The van der Waals surface area contributed by atoms with E-state index in [9.17, 15) is 12.8 Å².